The second kappa shape index (κ2) is 4.48. The SMILES string of the molecule is Cn1ncc(Cl)c1S(=O)(=O)N1CCCC(C)(O)C1. The summed E-state index contributed by atoms with van der Waals surface area (Å²) >= 11 is 5.87. The summed E-state index contributed by atoms with van der Waals surface area (Å²) in [6, 6.07) is 0. The second-order valence-corrected chi connectivity index (χ2v) is 7.12. The number of nitrogens with zero attached hydrogens (tertiary/aromatic N) is 3. The smallest absolute Gasteiger partial charge is 0.261 e. The molecule has 18 heavy (non-hydrogen) atoms. The largest absolute Gasteiger partial charge is 0.389 e. The molecule has 1 N–H and O–H groups in total. The van der Waals surface area contributed by atoms with Crippen LogP contribution in [0.5, 0.6) is 0 Å². The van der Waals surface area contributed by atoms with Crippen molar-refractivity contribution in [2.45, 2.75) is 30.4 Å². The zero-order valence-electron chi connectivity index (χ0n) is 10.3. The summed E-state index contributed by atoms with van der Waals surface area (Å²) < 4.78 is 27.4. The molecule has 6 nitrogen and oxygen atoms in total. The summed E-state index contributed by atoms with van der Waals surface area (Å²) in [6.07, 6.45) is 2.52. The van der Waals surface area contributed by atoms with Gasteiger partial charge < -0.3 is 5.11 Å². The standard InChI is InChI=1S/C10H16ClN3O3S/c1-10(15)4-3-5-14(7-10)18(16,17)9-8(11)6-12-13(9)2/h6,15H,3-5,7H2,1-2H3. The zero-order valence-corrected chi connectivity index (χ0v) is 11.9. The summed E-state index contributed by atoms with van der Waals surface area (Å²) in [7, 11) is -2.18. The molecule has 1 aliphatic rings. The van der Waals surface area contributed by atoms with E-state index in [1.54, 1.807) is 6.92 Å². The van der Waals surface area contributed by atoms with E-state index < -0.39 is 15.6 Å². The van der Waals surface area contributed by atoms with Gasteiger partial charge in [0.05, 0.1) is 16.8 Å². The van der Waals surface area contributed by atoms with Gasteiger partial charge in [0.25, 0.3) is 10.0 Å². The van der Waals surface area contributed by atoms with Crippen LogP contribution in [0.25, 0.3) is 0 Å². The maximum Gasteiger partial charge on any atom is 0.261 e. The second-order valence-electron chi connectivity index (χ2n) is 4.86. The van der Waals surface area contributed by atoms with Crippen LogP contribution < -0.4 is 0 Å². The first-order chi connectivity index (χ1) is 8.24. The van der Waals surface area contributed by atoms with Crippen LogP contribution in [0, 0.1) is 0 Å². The van der Waals surface area contributed by atoms with E-state index in [0.717, 1.165) is 0 Å². The van der Waals surface area contributed by atoms with Gasteiger partial charge in [-0.1, -0.05) is 11.6 Å². The minimum Gasteiger partial charge on any atom is -0.389 e. The van der Waals surface area contributed by atoms with E-state index in [4.69, 9.17) is 11.6 Å². The van der Waals surface area contributed by atoms with Crippen LogP contribution in [0.3, 0.4) is 0 Å². The number of aliphatic hydroxyl groups is 1. The Balaban J connectivity index is 2.38. The third-order valence-corrected chi connectivity index (χ3v) is 5.42. The molecule has 0 bridgehead atoms. The van der Waals surface area contributed by atoms with Crippen LogP contribution in [0.15, 0.2) is 11.2 Å². The third kappa shape index (κ3) is 2.40. The first-order valence-electron chi connectivity index (χ1n) is 5.64. The molecule has 0 amide bonds. The molecule has 102 valence electrons. The van der Waals surface area contributed by atoms with Crippen LogP contribution in [-0.4, -0.2) is 46.3 Å². The molecule has 1 fully saturated rings. The van der Waals surface area contributed by atoms with Crippen molar-refractivity contribution in [2.24, 2.45) is 7.05 Å². The van der Waals surface area contributed by atoms with Gasteiger partial charge in [0.1, 0.15) is 0 Å². The van der Waals surface area contributed by atoms with Crippen molar-refractivity contribution < 1.29 is 13.5 Å². The fourth-order valence-corrected chi connectivity index (χ4v) is 4.39. The molecule has 1 saturated heterocycles. The van der Waals surface area contributed by atoms with E-state index >= 15 is 0 Å². The number of aromatic nitrogens is 2. The van der Waals surface area contributed by atoms with Gasteiger partial charge in [-0.2, -0.15) is 9.40 Å². The number of aryl methyl sites for hydroxylation is 1. The van der Waals surface area contributed by atoms with Crippen molar-refractivity contribution >= 4 is 21.6 Å². The molecule has 1 aromatic rings. The molecule has 2 heterocycles. The molecular weight excluding hydrogens is 278 g/mol. The highest BCUT2D eigenvalue weighted by Gasteiger charge is 2.37. The summed E-state index contributed by atoms with van der Waals surface area (Å²) in [6.45, 7) is 2.11. The van der Waals surface area contributed by atoms with Crippen molar-refractivity contribution in [3.63, 3.8) is 0 Å². The average molecular weight is 294 g/mol. The summed E-state index contributed by atoms with van der Waals surface area (Å²) in [5, 5.41) is 13.9. The lowest BCUT2D eigenvalue weighted by molar-refractivity contribution is 0.00928. The fourth-order valence-electron chi connectivity index (χ4n) is 2.19. The first-order valence-corrected chi connectivity index (χ1v) is 7.46. The molecule has 0 radical (unpaired) electrons. The Morgan fingerprint density at radius 1 is 1.56 bits per heavy atom. The van der Waals surface area contributed by atoms with Gasteiger partial charge in [0.15, 0.2) is 5.03 Å². The van der Waals surface area contributed by atoms with E-state index in [9.17, 15) is 13.5 Å². The van der Waals surface area contributed by atoms with Gasteiger partial charge in [-0.05, 0) is 19.8 Å². The van der Waals surface area contributed by atoms with Crippen LogP contribution in [0.4, 0.5) is 0 Å². The Bertz CT molecular complexity index is 533. The average Bonchev–Trinajstić information content (AvgIpc) is 2.57. The molecule has 0 spiro atoms. The summed E-state index contributed by atoms with van der Waals surface area (Å²) in [5.41, 5.74) is -0.990. The molecule has 8 heteroatoms. The third-order valence-electron chi connectivity index (χ3n) is 3.07. The van der Waals surface area contributed by atoms with Crippen molar-refractivity contribution in [3.05, 3.63) is 11.2 Å². The van der Waals surface area contributed by atoms with E-state index in [1.165, 1.54) is 22.2 Å². The van der Waals surface area contributed by atoms with Crippen LogP contribution >= 0.6 is 11.6 Å². The molecule has 2 rings (SSSR count). The number of hydrogen-bond acceptors (Lipinski definition) is 4. The highest BCUT2D eigenvalue weighted by atomic mass is 35.5. The van der Waals surface area contributed by atoms with Gasteiger partial charge in [-0.25, -0.2) is 8.42 Å². The number of rotatable bonds is 2. The van der Waals surface area contributed by atoms with Gasteiger partial charge in [0.2, 0.25) is 0 Å². The number of piperidine rings is 1. The van der Waals surface area contributed by atoms with Crippen LogP contribution in [-0.2, 0) is 17.1 Å². The number of sulfonamides is 1. The quantitative estimate of drug-likeness (QED) is 0.867. The van der Waals surface area contributed by atoms with Gasteiger partial charge >= 0.3 is 0 Å². The molecular formula is C10H16ClN3O3S. The van der Waals surface area contributed by atoms with Crippen molar-refractivity contribution in [1.29, 1.82) is 0 Å². The molecule has 1 unspecified atom stereocenters. The van der Waals surface area contributed by atoms with Crippen molar-refractivity contribution in [1.82, 2.24) is 14.1 Å². The van der Waals surface area contributed by atoms with Gasteiger partial charge in [-0.3, -0.25) is 4.68 Å². The molecule has 1 aromatic heterocycles. The molecule has 0 aromatic carbocycles. The Kier molecular flexibility index (Phi) is 3.44. The van der Waals surface area contributed by atoms with E-state index in [2.05, 4.69) is 5.10 Å². The normalized spacial score (nSPS) is 26.4. The zero-order chi connectivity index (χ0) is 13.6. The lowest BCUT2D eigenvalue weighted by Crippen LogP contribution is -2.48. The minimum absolute atomic E-state index is 0.0260. The Morgan fingerprint density at radius 2 is 2.22 bits per heavy atom. The summed E-state index contributed by atoms with van der Waals surface area (Å²) in [4.78, 5) is 0. The fraction of sp³-hybridized carbons (Fsp3) is 0.700. The highest BCUT2D eigenvalue weighted by molar-refractivity contribution is 7.89. The molecule has 1 aliphatic heterocycles. The number of halogens is 1. The number of hydrogen-bond donors (Lipinski definition) is 1. The lowest BCUT2D eigenvalue weighted by Gasteiger charge is -2.35. The van der Waals surface area contributed by atoms with Gasteiger partial charge in [0, 0.05) is 20.1 Å². The minimum atomic E-state index is -3.71. The molecule has 0 saturated carbocycles. The Morgan fingerprint density at radius 3 is 2.72 bits per heavy atom. The predicted molar refractivity (Wildman–Crippen MR) is 66.8 cm³/mol. The lowest BCUT2D eigenvalue weighted by atomic mass is 9.97. The Labute approximate surface area is 111 Å². The first kappa shape index (κ1) is 13.8. The maximum atomic E-state index is 12.4. The van der Waals surface area contributed by atoms with E-state index in [-0.39, 0.29) is 16.6 Å². The molecule has 1 atom stereocenters. The maximum absolute atomic E-state index is 12.4. The monoisotopic (exact) mass is 293 g/mol. The van der Waals surface area contributed by atoms with Crippen LogP contribution in [0.1, 0.15) is 19.8 Å². The van der Waals surface area contributed by atoms with E-state index in [1.807, 2.05) is 0 Å². The van der Waals surface area contributed by atoms with Crippen LogP contribution in [0.2, 0.25) is 5.02 Å². The predicted octanol–water partition coefficient (Wildman–Crippen LogP) is 0.609. The topological polar surface area (TPSA) is 75.4 Å². The Hall–Kier alpha value is -0.630. The van der Waals surface area contributed by atoms with Crippen molar-refractivity contribution in [2.75, 3.05) is 13.1 Å². The summed E-state index contributed by atoms with van der Waals surface area (Å²) in [5.74, 6) is 0. The number of β-amino-alcohol motifs (C(OH)–C–C–N with tert-alkyl or cyclic N) is 1. The van der Waals surface area contributed by atoms with Gasteiger partial charge in [-0.15, -0.1) is 0 Å². The van der Waals surface area contributed by atoms with E-state index in [0.29, 0.717) is 19.4 Å². The highest BCUT2D eigenvalue weighted by Crippen LogP contribution is 2.28. The molecule has 0 aliphatic carbocycles. The van der Waals surface area contributed by atoms with Crippen molar-refractivity contribution in [3.8, 4) is 0 Å².